The van der Waals surface area contributed by atoms with Crippen LogP contribution in [0.15, 0.2) is 68.9 Å². The lowest BCUT2D eigenvalue weighted by molar-refractivity contribution is -0.137. The standard InChI is InChI=1S/C26H24N8O8/c35-23-19-21(41-13-39-19)25(37)33-29-11-17-5-2-6-18(8-17)12-30-34-26(38)22-20(40-14-42-22)24(36)32-28-10-16-4-1-3-15(7-16)9-27-31-23/h1-12,19-22H,13-14H2,(H,31,35)(H,32,36)(H,33,37)(H,34,38)/b27-9-,28-10+,29-11+,30-12-/t19-,20-,21-,22-/m0/s1. The number of fused-ring (bicyclic) bond motifs is 6. The molecule has 4 atom stereocenters. The van der Waals surface area contributed by atoms with Gasteiger partial charge in [-0.05, 0) is 34.4 Å². The average molecular weight is 577 g/mol. The molecule has 4 amide bonds. The molecular weight excluding hydrogens is 552 g/mol. The van der Waals surface area contributed by atoms with Gasteiger partial charge in [0, 0.05) is 0 Å². The molecule has 0 radical (unpaired) electrons. The van der Waals surface area contributed by atoms with Crippen LogP contribution >= 0.6 is 0 Å². The van der Waals surface area contributed by atoms with Gasteiger partial charge in [0.05, 0.1) is 24.9 Å². The van der Waals surface area contributed by atoms with Crippen LogP contribution in [0.5, 0.6) is 0 Å². The molecule has 2 saturated heterocycles. The maximum absolute atomic E-state index is 12.6. The zero-order chi connectivity index (χ0) is 29.3. The third-order valence-electron chi connectivity index (χ3n) is 5.95. The second-order valence-corrected chi connectivity index (χ2v) is 8.86. The first kappa shape index (κ1) is 28.4. The van der Waals surface area contributed by atoms with Crippen LogP contribution < -0.4 is 21.7 Å². The molecule has 3 aliphatic rings. The Labute approximate surface area is 237 Å². The number of rotatable bonds is 0. The molecule has 0 aromatic heterocycles. The lowest BCUT2D eigenvalue weighted by atomic mass is 10.1. The van der Waals surface area contributed by atoms with Crippen LogP contribution in [0.4, 0.5) is 0 Å². The second-order valence-electron chi connectivity index (χ2n) is 8.86. The third-order valence-corrected chi connectivity index (χ3v) is 5.95. The Morgan fingerprint density at radius 2 is 0.738 bits per heavy atom. The van der Waals surface area contributed by atoms with Crippen molar-refractivity contribution in [1.29, 1.82) is 0 Å². The van der Waals surface area contributed by atoms with Crippen LogP contribution in [-0.4, -0.2) is 86.5 Å². The summed E-state index contributed by atoms with van der Waals surface area (Å²) in [4.78, 5) is 50.4. The third kappa shape index (κ3) is 7.12. The van der Waals surface area contributed by atoms with Crippen molar-refractivity contribution in [3.8, 4) is 0 Å². The predicted octanol–water partition coefficient (Wildman–Crippen LogP) is -1.32. The number of carbonyl (C=O) groups excluding carboxylic acids is 4. The Kier molecular flexibility index (Phi) is 9.10. The second kappa shape index (κ2) is 13.5. The van der Waals surface area contributed by atoms with E-state index >= 15 is 0 Å². The normalized spacial score (nSPS) is 28.2. The van der Waals surface area contributed by atoms with Gasteiger partial charge in [0.25, 0.3) is 23.6 Å². The lowest BCUT2D eigenvalue weighted by Gasteiger charge is -2.13. The number of hydrogen-bond acceptors (Lipinski definition) is 12. The van der Waals surface area contributed by atoms with Gasteiger partial charge in [0.1, 0.15) is 13.6 Å². The minimum Gasteiger partial charge on any atom is -0.339 e. The van der Waals surface area contributed by atoms with Gasteiger partial charge < -0.3 is 18.9 Å². The van der Waals surface area contributed by atoms with Crippen molar-refractivity contribution in [3.05, 3.63) is 70.8 Å². The molecule has 0 spiro atoms. The van der Waals surface area contributed by atoms with Gasteiger partial charge in [0.2, 0.25) is 0 Å². The van der Waals surface area contributed by atoms with Crippen LogP contribution in [0, 0.1) is 0 Å². The molecule has 0 saturated carbocycles. The highest BCUT2D eigenvalue weighted by Gasteiger charge is 2.41. The Hall–Kier alpha value is -5.16. The maximum atomic E-state index is 12.6. The minimum atomic E-state index is -1.25. The van der Waals surface area contributed by atoms with E-state index in [1.54, 1.807) is 48.5 Å². The summed E-state index contributed by atoms with van der Waals surface area (Å²) >= 11 is 0. The van der Waals surface area contributed by atoms with E-state index in [9.17, 15) is 19.2 Å². The first-order valence-electron chi connectivity index (χ1n) is 12.5. The van der Waals surface area contributed by atoms with Crippen molar-refractivity contribution >= 4 is 48.5 Å². The molecule has 16 nitrogen and oxygen atoms in total. The highest BCUT2D eigenvalue weighted by molar-refractivity contribution is 5.94. The van der Waals surface area contributed by atoms with Crippen LogP contribution in [0.1, 0.15) is 22.3 Å². The molecule has 0 aliphatic carbocycles. The summed E-state index contributed by atoms with van der Waals surface area (Å²) in [5.41, 5.74) is 11.7. The van der Waals surface area contributed by atoms with Gasteiger partial charge >= 0.3 is 0 Å². The van der Waals surface area contributed by atoms with Gasteiger partial charge in [-0.1, -0.05) is 36.4 Å². The minimum absolute atomic E-state index is 0.265. The molecule has 2 aromatic rings. The number of benzene rings is 2. The van der Waals surface area contributed by atoms with Crippen molar-refractivity contribution in [2.75, 3.05) is 13.6 Å². The molecule has 42 heavy (non-hydrogen) atoms. The van der Waals surface area contributed by atoms with Crippen LogP contribution in [0.2, 0.25) is 0 Å². The highest BCUT2D eigenvalue weighted by Crippen LogP contribution is 2.15. The number of nitrogens with one attached hydrogen (secondary N) is 4. The van der Waals surface area contributed by atoms with E-state index in [-0.39, 0.29) is 13.6 Å². The molecule has 5 rings (SSSR count). The molecule has 2 aromatic carbocycles. The fourth-order valence-electron chi connectivity index (χ4n) is 3.95. The van der Waals surface area contributed by atoms with Crippen molar-refractivity contribution in [1.82, 2.24) is 21.7 Å². The van der Waals surface area contributed by atoms with Gasteiger partial charge in [-0.15, -0.1) is 0 Å². The van der Waals surface area contributed by atoms with Crippen LogP contribution in [0.3, 0.4) is 0 Å². The first-order chi connectivity index (χ1) is 20.5. The largest absolute Gasteiger partial charge is 0.339 e. The number of carbonyl (C=O) groups is 4. The van der Waals surface area contributed by atoms with Gasteiger partial charge in [-0.3, -0.25) is 19.2 Å². The fourth-order valence-corrected chi connectivity index (χ4v) is 3.95. The van der Waals surface area contributed by atoms with Gasteiger partial charge in [-0.25, -0.2) is 21.7 Å². The molecule has 4 N–H and O–H groups in total. The molecule has 3 aliphatic heterocycles. The highest BCUT2D eigenvalue weighted by atomic mass is 16.7. The summed E-state index contributed by atoms with van der Waals surface area (Å²) in [6.45, 7) is -0.529. The van der Waals surface area contributed by atoms with E-state index in [4.69, 9.17) is 18.9 Å². The number of nitrogens with zero attached hydrogens (tertiary/aromatic N) is 4. The number of hydrogen-bond donors (Lipinski definition) is 4. The molecule has 4 bridgehead atoms. The topological polar surface area (TPSA) is 203 Å². The predicted molar refractivity (Wildman–Crippen MR) is 145 cm³/mol. The van der Waals surface area contributed by atoms with Crippen LogP contribution in [0.25, 0.3) is 0 Å². The van der Waals surface area contributed by atoms with Crippen molar-refractivity contribution in [2.24, 2.45) is 20.4 Å². The monoisotopic (exact) mass is 576 g/mol. The van der Waals surface area contributed by atoms with Crippen molar-refractivity contribution in [2.45, 2.75) is 24.4 Å². The summed E-state index contributed by atoms with van der Waals surface area (Å²) in [5, 5.41) is 15.7. The fraction of sp³-hybridized carbons (Fsp3) is 0.231. The number of hydrazone groups is 4. The summed E-state index contributed by atoms with van der Waals surface area (Å²) < 4.78 is 21.1. The molecular formula is C26H24N8O8. The van der Waals surface area contributed by atoms with E-state index in [1.807, 2.05) is 0 Å². The smallest absolute Gasteiger partial charge is 0.272 e. The zero-order valence-electron chi connectivity index (χ0n) is 21.7. The van der Waals surface area contributed by atoms with Crippen molar-refractivity contribution < 1.29 is 38.1 Å². The lowest BCUT2D eigenvalue weighted by Crippen LogP contribution is -2.45. The summed E-state index contributed by atoms with van der Waals surface area (Å²) in [6.07, 6.45) is 0.492. The van der Waals surface area contributed by atoms with E-state index in [1.165, 1.54) is 24.9 Å². The SMILES string of the molecule is O=C1N/N=C\c2cccc(c2)/C=N/NC(=O)[C@H]2OCO[C@@H]2C(=O)N/N=C\c2cccc(c2)/C=N/NC(=O)[C@H]2OCO[C@H]12. The summed E-state index contributed by atoms with van der Waals surface area (Å²) in [5.74, 6) is -2.76. The molecule has 216 valence electrons. The molecule has 3 heterocycles. The molecule has 16 heteroatoms. The Bertz CT molecular complexity index is 1270. The van der Waals surface area contributed by atoms with E-state index < -0.39 is 48.0 Å². The summed E-state index contributed by atoms with van der Waals surface area (Å²) in [7, 11) is 0. The van der Waals surface area contributed by atoms with Crippen molar-refractivity contribution in [3.63, 3.8) is 0 Å². The molecule has 0 unspecified atom stereocenters. The quantitative estimate of drug-likeness (QED) is 0.296. The van der Waals surface area contributed by atoms with Gasteiger partial charge in [0.15, 0.2) is 24.4 Å². The number of amides is 4. The number of ether oxygens (including phenoxy) is 4. The van der Waals surface area contributed by atoms with E-state index in [0.717, 1.165) is 0 Å². The van der Waals surface area contributed by atoms with E-state index in [0.29, 0.717) is 22.3 Å². The zero-order valence-corrected chi connectivity index (χ0v) is 21.7. The Morgan fingerprint density at radius 1 is 0.476 bits per heavy atom. The van der Waals surface area contributed by atoms with Gasteiger partial charge in [-0.2, -0.15) is 20.4 Å². The molecule has 2 fully saturated rings. The first-order valence-corrected chi connectivity index (χ1v) is 12.5. The average Bonchev–Trinajstić information content (AvgIpc) is 3.68. The Balaban J connectivity index is 1.36. The Morgan fingerprint density at radius 3 is 1.00 bits per heavy atom. The van der Waals surface area contributed by atoms with E-state index in [2.05, 4.69) is 42.1 Å². The summed E-state index contributed by atoms with van der Waals surface area (Å²) in [6, 6.07) is 13.6. The van der Waals surface area contributed by atoms with Crippen LogP contribution in [-0.2, 0) is 38.1 Å². The maximum Gasteiger partial charge on any atom is 0.272 e.